The van der Waals surface area contributed by atoms with Crippen molar-refractivity contribution in [2.24, 2.45) is 0 Å². The number of pyridine rings is 1. The summed E-state index contributed by atoms with van der Waals surface area (Å²) in [6.07, 6.45) is 0. The number of ether oxygens (including phenoxy) is 1. The Morgan fingerprint density at radius 2 is 2.21 bits per heavy atom. The van der Waals surface area contributed by atoms with E-state index in [9.17, 15) is 4.79 Å². The molecule has 1 aromatic rings. The summed E-state index contributed by atoms with van der Waals surface area (Å²) in [5.41, 5.74) is 0.530. The average Bonchev–Trinajstić information content (AvgIpc) is 2.42. The lowest BCUT2D eigenvalue weighted by atomic mass is 10.2. The molecule has 5 nitrogen and oxygen atoms in total. The second kappa shape index (κ2) is 7.96. The summed E-state index contributed by atoms with van der Waals surface area (Å²) in [5, 5.41) is 3.18. The van der Waals surface area contributed by atoms with E-state index in [-0.39, 0.29) is 5.91 Å². The highest BCUT2D eigenvalue weighted by atomic mass is 35.5. The topological polar surface area (TPSA) is 54.5 Å². The first-order chi connectivity index (χ1) is 9.12. The molecule has 0 atom stereocenters. The molecule has 1 rings (SSSR count). The van der Waals surface area contributed by atoms with Crippen LogP contribution in [-0.4, -0.2) is 49.1 Å². The van der Waals surface area contributed by atoms with Crippen LogP contribution >= 0.6 is 11.6 Å². The molecule has 0 radical (unpaired) electrons. The minimum Gasteiger partial charge on any atom is -0.380 e. The van der Waals surface area contributed by atoms with Crippen LogP contribution in [0.25, 0.3) is 0 Å². The highest BCUT2D eigenvalue weighted by Crippen LogP contribution is 2.15. The SMILES string of the molecule is CCOCCN(CC)C(=O)c1cc(Cl)nc(NC)c1. The lowest BCUT2D eigenvalue weighted by Crippen LogP contribution is -2.34. The maximum atomic E-state index is 12.3. The Bertz CT molecular complexity index is 426. The molecule has 0 aliphatic carbocycles. The Morgan fingerprint density at radius 3 is 2.79 bits per heavy atom. The van der Waals surface area contributed by atoms with Crippen molar-refractivity contribution >= 4 is 23.3 Å². The van der Waals surface area contributed by atoms with Gasteiger partial charge in [-0.1, -0.05) is 11.6 Å². The van der Waals surface area contributed by atoms with E-state index in [2.05, 4.69) is 10.3 Å². The maximum absolute atomic E-state index is 12.3. The van der Waals surface area contributed by atoms with Crippen LogP contribution in [0.15, 0.2) is 12.1 Å². The van der Waals surface area contributed by atoms with Gasteiger partial charge in [-0.2, -0.15) is 0 Å². The van der Waals surface area contributed by atoms with Crippen LogP contribution in [-0.2, 0) is 4.74 Å². The third-order valence-corrected chi connectivity index (χ3v) is 2.87. The standard InChI is InChI=1S/C13H20ClN3O2/c1-4-17(6-7-19-5-2)13(18)10-8-11(14)16-12(9-10)15-3/h8-9H,4-7H2,1-3H3,(H,15,16). The molecule has 0 aliphatic rings. The lowest BCUT2D eigenvalue weighted by molar-refractivity contribution is 0.0669. The fraction of sp³-hybridized carbons (Fsp3) is 0.538. The van der Waals surface area contributed by atoms with Crippen LogP contribution in [0.5, 0.6) is 0 Å². The summed E-state index contributed by atoms with van der Waals surface area (Å²) >= 11 is 5.90. The van der Waals surface area contributed by atoms with E-state index in [1.165, 1.54) is 0 Å². The van der Waals surface area contributed by atoms with Crippen molar-refractivity contribution in [3.8, 4) is 0 Å². The van der Waals surface area contributed by atoms with Gasteiger partial charge in [-0.25, -0.2) is 4.98 Å². The van der Waals surface area contributed by atoms with Crippen LogP contribution in [0.1, 0.15) is 24.2 Å². The van der Waals surface area contributed by atoms with Gasteiger partial charge < -0.3 is 15.0 Å². The Kier molecular flexibility index (Phi) is 6.59. The predicted octanol–water partition coefficient (Wildman–Crippen LogP) is 2.28. The molecule has 0 bridgehead atoms. The van der Waals surface area contributed by atoms with E-state index < -0.39 is 0 Å². The van der Waals surface area contributed by atoms with Crippen LogP contribution in [0.4, 0.5) is 5.82 Å². The van der Waals surface area contributed by atoms with E-state index in [0.717, 1.165) is 0 Å². The van der Waals surface area contributed by atoms with Gasteiger partial charge in [-0.15, -0.1) is 0 Å². The quantitative estimate of drug-likeness (QED) is 0.617. The van der Waals surface area contributed by atoms with E-state index in [1.807, 2.05) is 13.8 Å². The van der Waals surface area contributed by atoms with Crippen molar-refractivity contribution in [1.29, 1.82) is 0 Å². The van der Waals surface area contributed by atoms with Crippen molar-refractivity contribution in [2.45, 2.75) is 13.8 Å². The third kappa shape index (κ3) is 4.69. The zero-order chi connectivity index (χ0) is 14.3. The normalized spacial score (nSPS) is 10.3. The van der Waals surface area contributed by atoms with Gasteiger partial charge in [0, 0.05) is 32.3 Å². The molecule has 0 fully saturated rings. The highest BCUT2D eigenvalue weighted by Gasteiger charge is 2.15. The Balaban J connectivity index is 2.81. The van der Waals surface area contributed by atoms with Crippen molar-refractivity contribution < 1.29 is 9.53 Å². The summed E-state index contributed by atoms with van der Waals surface area (Å²) in [6.45, 7) is 6.24. The van der Waals surface area contributed by atoms with Crippen molar-refractivity contribution in [1.82, 2.24) is 9.88 Å². The highest BCUT2D eigenvalue weighted by molar-refractivity contribution is 6.29. The summed E-state index contributed by atoms with van der Waals surface area (Å²) in [5.74, 6) is 0.514. The molecular weight excluding hydrogens is 266 g/mol. The van der Waals surface area contributed by atoms with Gasteiger partial charge in [0.05, 0.1) is 6.61 Å². The van der Waals surface area contributed by atoms with Crippen LogP contribution in [0, 0.1) is 0 Å². The number of nitrogens with zero attached hydrogens (tertiary/aromatic N) is 2. The molecule has 1 amide bonds. The van der Waals surface area contributed by atoms with E-state index in [1.54, 1.807) is 24.1 Å². The zero-order valence-electron chi connectivity index (χ0n) is 11.6. The molecule has 0 saturated heterocycles. The second-order valence-electron chi connectivity index (χ2n) is 3.90. The number of likely N-dealkylation sites (N-methyl/N-ethyl adjacent to an activating group) is 1. The molecule has 0 aromatic carbocycles. The molecule has 1 N–H and O–H groups in total. The smallest absolute Gasteiger partial charge is 0.254 e. The number of hydrogen-bond acceptors (Lipinski definition) is 4. The number of amides is 1. The zero-order valence-corrected chi connectivity index (χ0v) is 12.3. The molecule has 0 aliphatic heterocycles. The van der Waals surface area contributed by atoms with Gasteiger partial charge in [-0.3, -0.25) is 4.79 Å². The molecule has 106 valence electrons. The number of halogens is 1. The van der Waals surface area contributed by atoms with Gasteiger partial charge in [0.25, 0.3) is 5.91 Å². The van der Waals surface area contributed by atoms with E-state index >= 15 is 0 Å². The predicted molar refractivity (Wildman–Crippen MR) is 76.9 cm³/mol. The number of aromatic nitrogens is 1. The number of anilines is 1. The summed E-state index contributed by atoms with van der Waals surface area (Å²) in [6, 6.07) is 3.27. The van der Waals surface area contributed by atoms with E-state index in [0.29, 0.717) is 42.8 Å². The van der Waals surface area contributed by atoms with Gasteiger partial charge in [-0.05, 0) is 26.0 Å². The minimum atomic E-state index is -0.0667. The number of carbonyl (C=O) groups excluding carboxylic acids is 1. The Morgan fingerprint density at radius 1 is 1.47 bits per heavy atom. The monoisotopic (exact) mass is 285 g/mol. The number of nitrogens with one attached hydrogen (secondary N) is 1. The number of hydrogen-bond donors (Lipinski definition) is 1. The molecule has 6 heteroatoms. The fourth-order valence-electron chi connectivity index (χ4n) is 1.65. The molecule has 0 unspecified atom stereocenters. The van der Waals surface area contributed by atoms with Crippen molar-refractivity contribution in [2.75, 3.05) is 38.7 Å². The van der Waals surface area contributed by atoms with Gasteiger partial charge in [0.1, 0.15) is 11.0 Å². The van der Waals surface area contributed by atoms with E-state index in [4.69, 9.17) is 16.3 Å². The molecule has 1 aromatic heterocycles. The molecule has 19 heavy (non-hydrogen) atoms. The number of carbonyl (C=O) groups is 1. The largest absolute Gasteiger partial charge is 0.380 e. The molecular formula is C13H20ClN3O2. The first kappa shape index (κ1) is 15.7. The third-order valence-electron chi connectivity index (χ3n) is 2.68. The van der Waals surface area contributed by atoms with Gasteiger partial charge in [0.2, 0.25) is 0 Å². The Labute approximate surface area is 118 Å². The van der Waals surface area contributed by atoms with Crippen LogP contribution in [0.2, 0.25) is 5.15 Å². The summed E-state index contributed by atoms with van der Waals surface area (Å²) in [7, 11) is 1.74. The second-order valence-corrected chi connectivity index (χ2v) is 4.28. The van der Waals surface area contributed by atoms with Crippen molar-refractivity contribution in [3.63, 3.8) is 0 Å². The molecule has 0 spiro atoms. The van der Waals surface area contributed by atoms with Crippen LogP contribution < -0.4 is 5.32 Å². The number of rotatable bonds is 7. The first-order valence-corrected chi connectivity index (χ1v) is 6.72. The van der Waals surface area contributed by atoms with Crippen LogP contribution in [0.3, 0.4) is 0 Å². The lowest BCUT2D eigenvalue weighted by Gasteiger charge is -2.21. The van der Waals surface area contributed by atoms with Gasteiger partial charge >= 0.3 is 0 Å². The maximum Gasteiger partial charge on any atom is 0.254 e. The summed E-state index contributed by atoms with van der Waals surface area (Å²) < 4.78 is 5.28. The Hall–Kier alpha value is -1.33. The first-order valence-electron chi connectivity index (χ1n) is 6.34. The molecule has 1 heterocycles. The molecule has 0 saturated carbocycles. The van der Waals surface area contributed by atoms with Crippen molar-refractivity contribution in [3.05, 3.63) is 22.8 Å². The fourth-order valence-corrected chi connectivity index (χ4v) is 1.86. The van der Waals surface area contributed by atoms with Gasteiger partial charge in [0.15, 0.2) is 0 Å². The summed E-state index contributed by atoms with van der Waals surface area (Å²) in [4.78, 5) is 18.1. The minimum absolute atomic E-state index is 0.0667. The average molecular weight is 286 g/mol.